The Morgan fingerprint density at radius 3 is 2.46 bits per heavy atom. The molecule has 0 heterocycles. The molecule has 2 N–H and O–H groups in total. The number of benzene rings is 1. The number of carbonyl (C=O) groups is 3. The summed E-state index contributed by atoms with van der Waals surface area (Å²) in [7, 11) is 1.31. The summed E-state index contributed by atoms with van der Waals surface area (Å²) in [5.41, 5.74) is 1.76. The number of methoxy groups -OCH3 is 1. The van der Waals surface area contributed by atoms with Crippen LogP contribution in [0, 0.1) is 12.8 Å². The van der Waals surface area contributed by atoms with Crippen LogP contribution < -0.4 is 10.6 Å². The van der Waals surface area contributed by atoms with Gasteiger partial charge in [-0.15, -0.1) is 0 Å². The second-order valence-corrected chi connectivity index (χ2v) is 6.23. The summed E-state index contributed by atoms with van der Waals surface area (Å²) in [5, 5.41) is 5.62. The summed E-state index contributed by atoms with van der Waals surface area (Å²) in [6.45, 7) is 3.26. The van der Waals surface area contributed by atoms with Crippen molar-refractivity contribution in [3.63, 3.8) is 0 Å². The molecule has 1 aromatic carbocycles. The molecule has 0 saturated heterocycles. The second-order valence-electron chi connectivity index (χ2n) is 6.23. The molecule has 1 fully saturated rings. The SMILES string of the molecule is COC(=O)c1ccc(C)c(NC(=O)[C@@H](NC(C)=O)C2CCCC2)c1. The normalized spacial score (nSPS) is 15.6. The van der Waals surface area contributed by atoms with Gasteiger partial charge in [-0.25, -0.2) is 4.79 Å². The zero-order chi connectivity index (χ0) is 17.7. The molecule has 24 heavy (non-hydrogen) atoms. The molecule has 0 aliphatic heterocycles. The number of hydrogen-bond acceptors (Lipinski definition) is 4. The number of hydrogen-bond donors (Lipinski definition) is 2. The van der Waals surface area contributed by atoms with Crippen LogP contribution in [0.15, 0.2) is 18.2 Å². The Hall–Kier alpha value is -2.37. The van der Waals surface area contributed by atoms with Gasteiger partial charge in [0.2, 0.25) is 11.8 Å². The minimum atomic E-state index is -0.550. The standard InChI is InChI=1S/C18H24N2O4/c1-11-8-9-14(18(23)24-3)10-15(11)20-17(22)16(19-12(2)21)13-6-4-5-7-13/h8-10,13,16H,4-7H2,1-3H3,(H,19,21)(H,20,22)/t16-/m0/s1. The lowest BCUT2D eigenvalue weighted by Crippen LogP contribution is -2.47. The van der Waals surface area contributed by atoms with Crippen molar-refractivity contribution < 1.29 is 19.1 Å². The summed E-state index contributed by atoms with van der Waals surface area (Å²) in [6, 6.07) is 4.45. The van der Waals surface area contributed by atoms with Crippen molar-refractivity contribution in [2.24, 2.45) is 5.92 Å². The zero-order valence-electron chi connectivity index (χ0n) is 14.3. The lowest BCUT2D eigenvalue weighted by Gasteiger charge is -2.23. The molecule has 1 atom stereocenters. The van der Waals surface area contributed by atoms with Gasteiger partial charge in [-0.2, -0.15) is 0 Å². The van der Waals surface area contributed by atoms with E-state index in [1.807, 2.05) is 6.92 Å². The monoisotopic (exact) mass is 332 g/mol. The van der Waals surface area contributed by atoms with E-state index in [9.17, 15) is 14.4 Å². The summed E-state index contributed by atoms with van der Waals surface area (Å²) in [5.74, 6) is -0.776. The molecule has 1 saturated carbocycles. The van der Waals surface area contributed by atoms with E-state index in [4.69, 9.17) is 4.74 Å². The average Bonchev–Trinajstić information content (AvgIpc) is 3.07. The van der Waals surface area contributed by atoms with Crippen molar-refractivity contribution in [1.29, 1.82) is 0 Å². The third-order valence-corrected chi connectivity index (χ3v) is 4.43. The molecule has 1 aliphatic carbocycles. The van der Waals surface area contributed by atoms with Crippen molar-refractivity contribution in [2.45, 2.75) is 45.6 Å². The van der Waals surface area contributed by atoms with Gasteiger partial charge in [-0.05, 0) is 43.4 Å². The first-order valence-corrected chi connectivity index (χ1v) is 8.19. The number of carbonyl (C=O) groups excluding carboxylic acids is 3. The molecule has 0 aromatic heterocycles. The van der Waals surface area contributed by atoms with Crippen molar-refractivity contribution in [3.05, 3.63) is 29.3 Å². The number of esters is 1. The molecule has 2 rings (SSSR count). The van der Waals surface area contributed by atoms with Crippen molar-refractivity contribution in [1.82, 2.24) is 5.32 Å². The van der Waals surface area contributed by atoms with E-state index in [0.29, 0.717) is 11.3 Å². The molecule has 2 amide bonds. The predicted molar refractivity (Wildman–Crippen MR) is 90.7 cm³/mol. The van der Waals surface area contributed by atoms with Gasteiger partial charge in [0.05, 0.1) is 12.7 Å². The maximum Gasteiger partial charge on any atom is 0.337 e. The molecule has 0 unspecified atom stereocenters. The molecule has 0 bridgehead atoms. The van der Waals surface area contributed by atoms with E-state index in [-0.39, 0.29) is 17.7 Å². The highest BCUT2D eigenvalue weighted by Gasteiger charge is 2.31. The topological polar surface area (TPSA) is 84.5 Å². The van der Waals surface area contributed by atoms with Gasteiger partial charge < -0.3 is 15.4 Å². The Morgan fingerprint density at radius 1 is 1.21 bits per heavy atom. The first-order valence-electron chi connectivity index (χ1n) is 8.19. The Balaban J connectivity index is 2.19. The molecular formula is C18H24N2O4. The zero-order valence-corrected chi connectivity index (χ0v) is 14.3. The summed E-state index contributed by atoms with van der Waals surface area (Å²) < 4.78 is 4.71. The molecule has 130 valence electrons. The van der Waals surface area contributed by atoms with Gasteiger partial charge in [0, 0.05) is 12.6 Å². The fourth-order valence-electron chi connectivity index (χ4n) is 3.12. The van der Waals surface area contributed by atoms with E-state index in [0.717, 1.165) is 31.2 Å². The van der Waals surface area contributed by atoms with Gasteiger partial charge in [0.25, 0.3) is 0 Å². The first kappa shape index (κ1) is 18.0. The molecule has 1 aliphatic rings. The fourth-order valence-corrected chi connectivity index (χ4v) is 3.12. The number of aryl methyl sites for hydroxylation is 1. The van der Waals surface area contributed by atoms with Crippen LogP contribution in [-0.4, -0.2) is 30.9 Å². The van der Waals surface area contributed by atoms with Crippen molar-refractivity contribution >= 4 is 23.5 Å². The van der Waals surface area contributed by atoms with Crippen LogP contribution in [0.2, 0.25) is 0 Å². The summed E-state index contributed by atoms with van der Waals surface area (Å²) >= 11 is 0. The summed E-state index contributed by atoms with van der Waals surface area (Å²) in [6.07, 6.45) is 4.01. The van der Waals surface area contributed by atoms with Crippen LogP contribution in [0.25, 0.3) is 0 Å². The van der Waals surface area contributed by atoms with Gasteiger partial charge in [-0.1, -0.05) is 18.9 Å². The second kappa shape index (κ2) is 7.95. The molecule has 6 nitrogen and oxygen atoms in total. The van der Waals surface area contributed by atoms with E-state index in [2.05, 4.69) is 10.6 Å². The number of ether oxygens (including phenoxy) is 1. The van der Waals surface area contributed by atoms with Crippen LogP contribution in [0.3, 0.4) is 0 Å². The number of nitrogens with one attached hydrogen (secondary N) is 2. The Kier molecular flexibility index (Phi) is 5.95. The van der Waals surface area contributed by atoms with Gasteiger partial charge in [0.15, 0.2) is 0 Å². The van der Waals surface area contributed by atoms with E-state index >= 15 is 0 Å². The van der Waals surface area contributed by atoms with Crippen LogP contribution in [-0.2, 0) is 14.3 Å². The fraction of sp³-hybridized carbons (Fsp3) is 0.500. The van der Waals surface area contributed by atoms with Crippen LogP contribution in [0.1, 0.15) is 48.5 Å². The molecule has 1 aromatic rings. The third kappa shape index (κ3) is 4.34. The number of rotatable bonds is 5. The van der Waals surface area contributed by atoms with Crippen LogP contribution in [0.4, 0.5) is 5.69 Å². The van der Waals surface area contributed by atoms with Gasteiger partial charge in [0.1, 0.15) is 6.04 Å². The third-order valence-electron chi connectivity index (χ3n) is 4.43. The molecule has 0 spiro atoms. The maximum absolute atomic E-state index is 12.7. The van der Waals surface area contributed by atoms with Crippen LogP contribution in [0.5, 0.6) is 0 Å². The van der Waals surface area contributed by atoms with E-state index in [1.165, 1.54) is 14.0 Å². The minimum Gasteiger partial charge on any atom is -0.465 e. The quantitative estimate of drug-likeness (QED) is 0.811. The lowest BCUT2D eigenvalue weighted by molar-refractivity contribution is -0.126. The highest BCUT2D eigenvalue weighted by atomic mass is 16.5. The van der Waals surface area contributed by atoms with E-state index < -0.39 is 12.0 Å². The lowest BCUT2D eigenvalue weighted by atomic mass is 9.97. The van der Waals surface area contributed by atoms with Crippen molar-refractivity contribution in [2.75, 3.05) is 12.4 Å². The van der Waals surface area contributed by atoms with Crippen molar-refractivity contribution in [3.8, 4) is 0 Å². The highest BCUT2D eigenvalue weighted by Crippen LogP contribution is 2.29. The minimum absolute atomic E-state index is 0.151. The smallest absolute Gasteiger partial charge is 0.337 e. The maximum atomic E-state index is 12.7. The van der Waals surface area contributed by atoms with E-state index in [1.54, 1.807) is 18.2 Å². The highest BCUT2D eigenvalue weighted by molar-refractivity contribution is 5.99. The largest absolute Gasteiger partial charge is 0.465 e. The number of anilines is 1. The Labute approximate surface area is 142 Å². The molecule has 0 radical (unpaired) electrons. The Morgan fingerprint density at radius 2 is 1.88 bits per heavy atom. The van der Waals surface area contributed by atoms with Gasteiger partial charge in [-0.3, -0.25) is 9.59 Å². The average molecular weight is 332 g/mol. The Bertz CT molecular complexity index is 636. The molecular weight excluding hydrogens is 308 g/mol. The summed E-state index contributed by atoms with van der Waals surface area (Å²) in [4.78, 5) is 35.8. The predicted octanol–water partition coefficient (Wildman–Crippen LogP) is 2.42. The van der Waals surface area contributed by atoms with Gasteiger partial charge >= 0.3 is 5.97 Å². The number of amides is 2. The van der Waals surface area contributed by atoms with Crippen LogP contribution >= 0.6 is 0 Å². The molecule has 6 heteroatoms. The first-order chi connectivity index (χ1) is 11.4.